The lowest BCUT2D eigenvalue weighted by Crippen LogP contribution is -2.19. The van der Waals surface area contributed by atoms with Crippen LogP contribution in [0.5, 0.6) is 0 Å². The van der Waals surface area contributed by atoms with Crippen molar-refractivity contribution in [1.82, 2.24) is 0 Å². The van der Waals surface area contributed by atoms with Crippen LogP contribution in [0.4, 0.5) is 0 Å². The van der Waals surface area contributed by atoms with Gasteiger partial charge in [0.05, 0.1) is 12.5 Å². The van der Waals surface area contributed by atoms with Crippen molar-refractivity contribution >= 4 is 5.97 Å². The van der Waals surface area contributed by atoms with Crippen LogP contribution in [0, 0.1) is 11.3 Å². The van der Waals surface area contributed by atoms with Crippen molar-refractivity contribution in [3.63, 3.8) is 0 Å². The summed E-state index contributed by atoms with van der Waals surface area (Å²) in [7, 11) is 1.49. The molecule has 0 heterocycles. The Morgan fingerprint density at radius 3 is 2.40 bits per heavy atom. The molecule has 10 heavy (non-hydrogen) atoms. The summed E-state index contributed by atoms with van der Waals surface area (Å²) in [5.41, 5.74) is 0.00868. The van der Waals surface area contributed by atoms with Crippen LogP contribution >= 0.6 is 0 Å². The lowest BCUT2D eigenvalue weighted by atomic mass is 10.0. The molecule has 0 aromatic carbocycles. The third kappa shape index (κ3) is 0.678. The van der Waals surface area contributed by atoms with Gasteiger partial charge in [0, 0.05) is 0 Å². The molecule has 2 nitrogen and oxygen atoms in total. The zero-order chi connectivity index (χ0) is 7.19. The van der Waals surface area contributed by atoms with E-state index in [0.29, 0.717) is 5.92 Å². The monoisotopic (exact) mass is 140 g/mol. The molecule has 0 saturated heterocycles. The van der Waals surface area contributed by atoms with Crippen molar-refractivity contribution in [1.29, 1.82) is 0 Å². The second kappa shape index (κ2) is 1.74. The van der Waals surface area contributed by atoms with Crippen LogP contribution in [-0.4, -0.2) is 13.1 Å². The minimum absolute atomic E-state index is 0.00868. The molecule has 0 aromatic rings. The number of hydrogen-bond donors (Lipinski definition) is 0. The minimum atomic E-state index is 0.00868. The lowest BCUT2D eigenvalue weighted by Gasteiger charge is -2.09. The maximum Gasteiger partial charge on any atom is 0.312 e. The van der Waals surface area contributed by atoms with Crippen molar-refractivity contribution in [3.8, 4) is 0 Å². The van der Waals surface area contributed by atoms with E-state index in [0.717, 1.165) is 12.8 Å². The molecule has 2 rings (SSSR count). The smallest absolute Gasteiger partial charge is 0.312 e. The van der Waals surface area contributed by atoms with Crippen LogP contribution in [0.25, 0.3) is 0 Å². The topological polar surface area (TPSA) is 26.3 Å². The van der Waals surface area contributed by atoms with Crippen molar-refractivity contribution in [2.75, 3.05) is 7.11 Å². The Labute approximate surface area is 60.6 Å². The maximum atomic E-state index is 11.2. The first kappa shape index (κ1) is 6.20. The van der Waals surface area contributed by atoms with E-state index in [-0.39, 0.29) is 11.4 Å². The average Bonchev–Trinajstić information content (AvgIpc) is 2.74. The van der Waals surface area contributed by atoms with E-state index < -0.39 is 0 Å². The standard InChI is InChI=1S/C8H12O2/c1-10-7(9)8(4-5-8)6-2-3-6/h6H,2-5H2,1H3. The summed E-state index contributed by atoms with van der Waals surface area (Å²) in [4.78, 5) is 11.2. The van der Waals surface area contributed by atoms with Crippen molar-refractivity contribution in [3.05, 3.63) is 0 Å². The second-order valence-electron chi connectivity index (χ2n) is 3.42. The number of esters is 1. The van der Waals surface area contributed by atoms with Crippen LogP contribution < -0.4 is 0 Å². The maximum absolute atomic E-state index is 11.2. The van der Waals surface area contributed by atoms with Gasteiger partial charge in [0.25, 0.3) is 0 Å². The molecule has 0 aliphatic heterocycles. The molecule has 2 saturated carbocycles. The van der Waals surface area contributed by atoms with Crippen LogP contribution in [0.15, 0.2) is 0 Å². The molecule has 0 aromatic heterocycles. The van der Waals surface area contributed by atoms with E-state index in [1.807, 2.05) is 0 Å². The lowest BCUT2D eigenvalue weighted by molar-refractivity contribution is -0.148. The normalized spacial score (nSPS) is 27.7. The van der Waals surface area contributed by atoms with Crippen molar-refractivity contribution < 1.29 is 9.53 Å². The highest BCUT2D eigenvalue weighted by Gasteiger charge is 2.60. The van der Waals surface area contributed by atoms with Gasteiger partial charge in [-0.15, -0.1) is 0 Å². The Hall–Kier alpha value is -0.530. The van der Waals surface area contributed by atoms with Crippen LogP contribution in [0.3, 0.4) is 0 Å². The van der Waals surface area contributed by atoms with Gasteiger partial charge in [0.2, 0.25) is 0 Å². The summed E-state index contributed by atoms with van der Waals surface area (Å²) in [6.45, 7) is 0. The summed E-state index contributed by atoms with van der Waals surface area (Å²) in [6, 6.07) is 0. The van der Waals surface area contributed by atoms with Crippen LogP contribution in [0.2, 0.25) is 0 Å². The van der Waals surface area contributed by atoms with E-state index in [2.05, 4.69) is 0 Å². The molecule has 2 heteroatoms. The summed E-state index contributed by atoms with van der Waals surface area (Å²) in [5, 5.41) is 0. The van der Waals surface area contributed by atoms with E-state index in [9.17, 15) is 4.79 Å². The Morgan fingerprint density at radius 1 is 1.50 bits per heavy atom. The summed E-state index contributed by atoms with van der Waals surface area (Å²) in [6.07, 6.45) is 4.64. The number of rotatable bonds is 2. The fourth-order valence-corrected chi connectivity index (χ4v) is 1.75. The van der Waals surface area contributed by atoms with Gasteiger partial charge < -0.3 is 4.74 Å². The van der Waals surface area contributed by atoms with E-state index in [1.165, 1.54) is 20.0 Å². The molecule has 0 radical (unpaired) electrons. The number of methoxy groups -OCH3 is 1. The van der Waals surface area contributed by atoms with Gasteiger partial charge in [0.15, 0.2) is 0 Å². The predicted octanol–water partition coefficient (Wildman–Crippen LogP) is 1.35. The summed E-state index contributed by atoms with van der Waals surface area (Å²) < 4.78 is 4.74. The Morgan fingerprint density at radius 2 is 2.10 bits per heavy atom. The molecular weight excluding hydrogens is 128 g/mol. The molecule has 0 amide bonds. The molecule has 0 spiro atoms. The first-order chi connectivity index (χ1) is 4.79. The zero-order valence-electron chi connectivity index (χ0n) is 6.22. The van der Waals surface area contributed by atoms with Gasteiger partial charge in [-0.25, -0.2) is 0 Å². The van der Waals surface area contributed by atoms with Crippen LogP contribution in [0.1, 0.15) is 25.7 Å². The molecular formula is C8H12O2. The molecule has 2 fully saturated rings. The number of carbonyl (C=O) groups is 1. The van der Waals surface area contributed by atoms with Gasteiger partial charge >= 0.3 is 5.97 Å². The van der Waals surface area contributed by atoms with Crippen molar-refractivity contribution in [2.24, 2.45) is 11.3 Å². The molecule has 0 bridgehead atoms. The van der Waals surface area contributed by atoms with Gasteiger partial charge in [-0.3, -0.25) is 4.79 Å². The molecule has 2 aliphatic carbocycles. The third-order valence-electron chi connectivity index (χ3n) is 2.74. The largest absolute Gasteiger partial charge is 0.469 e. The Balaban J connectivity index is 2.06. The number of hydrogen-bond acceptors (Lipinski definition) is 2. The molecule has 2 aliphatic rings. The first-order valence-electron chi connectivity index (χ1n) is 3.88. The quantitative estimate of drug-likeness (QED) is 0.541. The molecule has 0 N–H and O–H groups in total. The van der Waals surface area contributed by atoms with E-state index >= 15 is 0 Å². The highest BCUT2D eigenvalue weighted by atomic mass is 16.5. The molecule has 0 unspecified atom stereocenters. The highest BCUT2D eigenvalue weighted by molar-refractivity contribution is 5.80. The third-order valence-corrected chi connectivity index (χ3v) is 2.74. The second-order valence-corrected chi connectivity index (χ2v) is 3.42. The Kier molecular flexibility index (Phi) is 1.08. The van der Waals surface area contributed by atoms with E-state index in [4.69, 9.17) is 4.74 Å². The predicted molar refractivity (Wildman–Crippen MR) is 36.4 cm³/mol. The fourth-order valence-electron chi connectivity index (χ4n) is 1.75. The van der Waals surface area contributed by atoms with Gasteiger partial charge in [-0.1, -0.05) is 0 Å². The Bertz CT molecular complexity index is 166. The summed E-state index contributed by atoms with van der Waals surface area (Å²) >= 11 is 0. The van der Waals surface area contributed by atoms with Gasteiger partial charge in [0.1, 0.15) is 0 Å². The minimum Gasteiger partial charge on any atom is -0.469 e. The fraction of sp³-hybridized carbons (Fsp3) is 0.875. The SMILES string of the molecule is COC(=O)C1(C2CC2)CC1. The highest BCUT2D eigenvalue weighted by Crippen LogP contribution is 2.61. The van der Waals surface area contributed by atoms with Crippen molar-refractivity contribution in [2.45, 2.75) is 25.7 Å². The molecule has 0 atom stereocenters. The van der Waals surface area contributed by atoms with Crippen LogP contribution in [-0.2, 0) is 9.53 Å². The summed E-state index contributed by atoms with van der Waals surface area (Å²) in [5.74, 6) is 0.718. The average molecular weight is 140 g/mol. The first-order valence-corrected chi connectivity index (χ1v) is 3.88. The van der Waals surface area contributed by atoms with Gasteiger partial charge in [-0.2, -0.15) is 0 Å². The zero-order valence-corrected chi connectivity index (χ0v) is 6.22. The molecule has 56 valence electrons. The van der Waals surface area contributed by atoms with E-state index in [1.54, 1.807) is 0 Å². The number of carbonyl (C=O) groups excluding carboxylic acids is 1. The number of ether oxygens (including phenoxy) is 1. The van der Waals surface area contributed by atoms with Gasteiger partial charge in [-0.05, 0) is 31.6 Å².